The molecule has 3 rings (SSSR count). The lowest BCUT2D eigenvalue weighted by Crippen LogP contribution is -2.20. The van der Waals surface area contributed by atoms with Crippen LogP contribution in [0.4, 0.5) is 16.0 Å². The van der Waals surface area contributed by atoms with Crippen molar-refractivity contribution < 1.29 is 9.23 Å². The Balaban J connectivity index is 2.06. The normalized spacial score (nSPS) is 10.9. The lowest BCUT2D eigenvalue weighted by molar-refractivity contribution is 0.146. The molecule has 2 aromatic heterocycles. The van der Waals surface area contributed by atoms with Crippen LogP contribution in [0.15, 0.2) is 42.7 Å². The second-order valence-corrected chi connectivity index (χ2v) is 4.80. The Morgan fingerprint density at radius 1 is 1.23 bits per heavy atom. The van der Waals surface area contributed by atoms with E-state index >= 15 is 0 Å². The molecule has 0 unspecified atom stereocenters. The third-order valence-electron chi connectivity index (χ3n) is 2.92. The highest BCUT2D eigenvalue weighted by Gasteiger charge is 2.15. The summed E-state index contributed by atoms with van der Waals surface area (Å²) in [5.74, 6) is -0.171. The van der Waals surface area contributed by atoms with Crippen LogP contribution in [0.1, 0.15) is 6.92 Å². The smallest absolute Gasteiger partial charge is 0.255 e. The van der Waals surface area contributed by atoms with E-state index in [1.807, 2.05) is 13.0 Å². The fourth-order valence-electron chi connectivity index (χ4n) is 1.94. The molecule has 0 amide bonds. The number of rotatable bonds is 4. The summed E-state index contributed by atoms with van der Waals surface area (Å²) >= 11 is 5.83. The molecule has 0 spiro atoms. The first-order valence-corrected chi connectivity index (χ1v) is 7.02. The van der Waals surface area contributed by atoms with Crippen LogP contribution in [0.3, 0.4) is 0 Å². The number of aromatic nitrogens is 3. The van der Waals surface area contributed by atoms with Crippen LogP contribution in [-0.4, -0.2) is 21.6 Å². The summed E-state index contributed by atoms with van der Waals surface area (Å²) in [5.41, 5.74) is 1.90. The molecule has 0 saturated heterocycles. The molecule has 7 heteroatoms. The Morgan fingerprint density at radius 3 is 2.86 bits per heavy atom. The number of benzene rings is 1. The summed E-state index contributed by atoms with van der Waals surface area (Å²) in [4.78, 5) is 18.4. The van der Waals surface area contributed by atoms with Crippen molar-refractivity contribution in [3.05, 3.63) is 53.6 Å². The molecule has 0 radical (unpaired) electrons. The Bertz CT molecular complexity index is 814. The Labute approximate surface area is 131 Å². The van der Waals surface area contributed by atoms with Gasteiger partial charge >= 0.3 is 0 Å². The molecule has 0 N–H and O–H groups in total. The van der Waals surface area contributed by atoms with Gasteiger partial charge in [-0.05, 0) is 37.3 Å². The SMILES string of the molecule is CCON(c1ccc(F)c(Cl)c1)c1ncc2ncccc2n1. The van der Waals surface area contributed by atoms with Crippen molar-refractivity contribution in [3.8, 4) is 0 Å². The van der Waals surface area contributed by atoms with Gasteiger partial charge in [0.2, 0.25) is 0 Å². The minimum atomic E-state index is -0.495. The molecule has 5 nitrogen and oxygen atoms in total. The number of hydrogen-bond acceptors (Lipinski definition) is 5. The predicted octanol–water partition coefficient (Wildman–Crippen LogP) is 3.91. The van der Waals surface area contributed by atoms with Crippen molar-refractivity contribution in [2.45, 2.75) is 6.92 Å². The van der Waals surface area contributed by atoms with E-state index in [2.05, 4.69) is 15.0 Å². The lowest BCUT2D eigenvalue weighted by atomic mass is 10.3. The van der Waals surface area contributed by atoms with E-state index in [1.165, 1.54) is 17.2 Å². The van der Waals surface area contributed by atoms with Crippen LogP contribution in [-0.2, 0) is 4.84 Å². The lowest BCUT2D eigenvalue weighted by Gasteiger charge is -2.21. The van der Waals surface area contributed by atoms with E-state index in [0.29, 0.717) is 29.3 Å². The zero-order valence-electron chi connectivity index (χ0n) is 11.7. The average Bonchev–Trinajstić information content (AvgIpc) is 2.55. The first-order chi connectivity index (χ1) is 10.7. The third-order valence-corrected chi connectivity index (χ3v) is 3.21. The van der Waals surface area contributed by atoms with E-state index in [-0.39, 0.29) is 5.02 Å². The summed E-state index contributed by atoms with van der Waals surface area (Å²) in [7, 11) is 0. The van der Waals surface area contributed by atoms with E-state index in [1.54, 1.807) is 24.5 Å². The minimum Gasteiger partial charge on any atom is -0.266 e. The number of halogens is 2. The van der Waals surface area contributed by atoms with Gasteiger partial charge in [0, 0.05) is 6.20 Å². The molecule has 1 aromatic carbocycles. The maximum atomic E-state index is 13.3. The molecular weight excluding hydrogens is 307 g/mol. The molecule has 3 aromatic rings. The van der Waals surface area contributed by atoms with Crippen molar-refractivity contribution in [1.29, 1.82) is 0 Å². The maximum Gasteiger partial charge on any atom is 0.255 e. The van der Waals surface area contributed by atoms with Crippen LogP contribution in [0, 0.1) is 5.82 Å². The molecule has 0 aliphatic carbocycles. The van der Waals surface area contributed by atoms with Crippen LogP contribution in [0.5, 0.6) is 0 Å². The first-order valence-electron chi connectivity index (χ1n) is 6.65. The average molecular weight is 319 g/mol. The third kappa shape index (κ3) is 2.84. The highest BCUT2D eigenvalue weighted by Crippen LogP contribution is 2.27. The first kappa shape index (κ1) is 14.6. The molecular formula is C15H12ClFN4O. The van der Waals surface area contributed by atoms with Gasteiger partial charge in [0.15, 0.2) is 0 Å². The molecule has 112 valence electrons. The zero-order chi connectivity index (χ0) is 15.5. The van der Waals surface area contributed by atoms with E-state index in [4.69, 9.17) is 16.4 Å². The van der Waals surface area contributed by atoms with E-state index < -0.39 is 5.82 Å². The van der Waals surface area contributed by atoms with Gasteiger partial charge in [0.05, 0.1) is 29.0 Å². The maximum absolute atomic E-state index is 13.3. The standard InChI is InChI=1S/C15H12ClFN4O/c1-2-22-21(10-5-6-12(17)11(16)8-10)15-19-9-14-13(20-15)4-3-7-18-14/h3-9H,2H2,1H3. The van der Waals surface area contributed by atoms with Crippen molar-refractivity contribution >= 4 is 34.3 Å². The highest BCUT2D eigenvalue weighted by molar-refractivity contribution is 6.31. The van der Waals surface area contributed by atoms with Crippen LogP contribution >= 0.6 is 11.6 Å². The zero-order valence-corrected chi connectivity index (χ0v) is 12.5. The molecule has 22 heavy (non-hydrogen) atoms. The van der Waals surface area contributed by atoms with E-state index in [9.17, 15) is 4.39 Å². The molecule has 0 atom stereocenters. The van der Waals surface area contributed by atoms with Gasteiger partial charge in [0.25, 0.3) is 5.95 Å². The van der Waals surface area contributed by atoms with Gasteiger partial charge in [-0.2, -0.15) is 5.06 Å². The molecule has 0 bridgehead atoms. The fraction of sp³-hybridized carbons (Fsp3) is 0.133. The van der Waals surface area contributed by atoms with Crippen molar-refractivity contribution in [3.63, 3.8) is 0 Å². The Hall–Kier alpha value is -2.31. The van der Waals surface area contributed by atoms with Crippen LogP contribution in [0.2, 0.25) is 5.02 Å². The number of nitrogens with zero attached hydrogens (tertiary/aromatic N) is 4. The van der Waals surface area contributed by atoms with Gasteiger partial charge < -0.3 is 0 Å². The van der Waals surface area contributed by atoms with Gasteiger partial charge in [-0.15, -0.1) is 0 Å². The summed E-state index contributed by atoms with van der Waals surface area (Å²) < 4.78 is 13.3. The summed E-state index contributed by atoms with van der Waals surface area (Å²) in [6.45, 7) is 2.23. The molecule has 0 fully saturated rings. The van der Waals surface area contributed by atoms with Gasteiger partial charge in [-0.25, -0.2) is 14.4 Å². The second-order valence-electron chi connectivity index (χ2n) is 4.39. The molecule has 0 saturated carbocycles. The topological polar surface area (TPSA) is 51.1 Å². The number of fused-ring (bicyclic) bond motifs is 1. The van der Waals surface area contributed by atoms with Crippen molar-refractivity contribution in [2.24, 2.45) is 0 Å². The van der Waals surface area contributed by atoms with Crippen LogP contribution in [0.25, 0.3) is 11.0 Å². The monoisotopic (exact) mass is 318 g/mol. The largest absolute Gasteiger partial charge is 0.266 e. The highest BCUT2D eigenvalue weighted by atomic mass is 35.5. The number of hydrogen-bond donors (Lipinski definition) is 0. The van der Waals surface area contributed by atoms with Crippen molar-refractivity contribution in [1.82, 2.24) is 15.0 Å². The van der Waals surface area contributed by atoms with Gasteiger partial charge in [-0.3, -0.25) is 9.82 Å². The summed E-state index contributed by atoms with van der Waals surface area (Å²) in [5, 5.41) is 1.42. The van der Waals surface area contributed by atoms with Gasteiger partial charge in [-0.1, -0.05) is 11.6 Å². The van der Waals surface area contributed by atoms with E-state index in [0.717, 1.165) is 0 Å². The Morgan fingerprint density at radius 2 is 2.09 bits per heavy atom. The van der Waals surface area contributed by atoms with Crippen molar-refractivity contribution in [2.75, 3.05) is 11.7 Å². The number of pyridine rings is 1. The minimum absolute atomic E-state index is 0.00431. The number of anilines is 2. The Kier molecular flexibility index (Phi) is 4.13. The summed E-state index contributed by atoms with van der Waals surface area (Å²) in [6, 6.07) is 7.90. The molecule has 2 heterocycles. The summed E-state index contributed by atoms with van der Waals surface area (Å²) in [6.07, 6.45) is 3.28. The van der Waals surface area contributed by atoms with Gasteiger partial charge in [0.1, 0.15) is 11.3 Å². The second kappa shape index (κ2) is 6.21. The molecule has 0 aliphatic heterocycles. The van der Waals surface area contributed by atoms with Crippen LogP contribution < -0.4 is 5.06 Å². The fourth-order valence-corrected chi connectivity index (χ4v) is 2.12. The quantitative estimate of drug-likeness (QED) is 0.683. The molecule has 0 aliphatic rings. The predicted molar refractivity (Wildman–Crippen MR) is 82.5 cm³/mol.